The minimum atomic E-state index is -4.57. The normalized spacial score (nSPS) is 13.0. The number of rotatable bonds is 4. The number of carbonyl (C=O) groups excluding carboxylic acids is 4. The van der Waals surface area contributed by atoms with E-state index in [0.717, 1.165) is 17.0 Å². The first-order valence-electron chi connectivity index (χ1n) is 9.91. The quantitative estimate of drug-likeness (QED) is 0.555. The maximum Gasteiger partial charge on any atom is 0.416 e. The van der Waals surface area contributed by atoms with Crippen molar-refractivity contribution in [3.8, 4) is 0 Å². The van der Waals surface area contributed by atoms with Crippen LogP contribution in [-0.2, 0) is 6.18 Å². The van der Waals surface area contributed by atoms with Crippen molar-refractivity contribution in [2.24, 2.45) is 0 Å². The first kappa shape index (κ1) is 22.7. The molecule has 0 bridgehead atoms. The molecule has 0 unspecified atom stereocenters. The van der Waals surface area contributed by atoms with Crippen molar-refractivity contribution in [1.29, 1.82) is 0 Å². The Hall–Kier alpha value is -4.47. The predicted octanol–water partition coefficient (Wildman–Crippen LogP) is 4.44. The maximum atomic E-state index is 12.9. The van der Waals surface area contributed by atoms with Gasteiger partial charge in [0.1, 0.15) is 0 Å². The Kier molecular flexibility index (Phi) is 5.66. The summed E-state index contributed by atoms with van der Waals surface area (Å²) in [7, 11) is 1.34. The SMILES string of the molecule is CN1C(=O)c2ccc(C(=O)Nc3ccccc3C(=O)Nc3cccc(C(F)(F)F)c3)cc2C1=O. The van der Waals surface area contributed by atoms with Gasteiger partial charge in [-0.3, -0.25) is 24.1 Å². The molecular formula is C24H16F3N3O4. The van der Waals surface area contributed by atoms with Crippen LogP contribution in [0.4, 0.5) is 24.5 Å². The van der Waals surface area contributed by atoms with E-state index >= 15 is 0 Å². The molecule has 0 radical (unpaired) electrons. The molecule has 0 saturated heterocycles. The van der Waals surface area contributed by atoms with E-state index in [0.29, 0.717) is 0 Å². The Morgan fingerprint density at radius 2 is 1.50 bits per heavy atom. The lowest BCUT2D eigenvalue weighted by molar-refractivity contribution is -0.137. The van der Waals surface area contributed by atoms with Crippen LogP contribution in [0.2, 0.25) is 0 Å². The summed E-state index contributed by atoms with van der Waals surface area (Å²) in [6, 6.07) is 14.2. The largest absolute Gasteiger partial charge is 0.416 e. The van der Waals surface area contributed by atoms with Crippen molar-refractivity contribution in [1.82, 2.24) is 4.90 Å². The van der Waals surface area contributed by atoms with Gasteiger partial charge in [-0.05, 0) is 48.5 Å². The fourth-order valence-electron chi connectivity index (χ4n) is 3.46. The number of nitrogens with one attached hydrogen (secondary N) is 2. The third-order valence-corrected chi connectivity index (χ3v) is 5.22. The van der Waals surface area contributed by atoms with Crippen molar-refractivity contribution in [3.05, 3.63) is 94.5 Å². The third kappa shape index (κ3) is 4.25. The van der Waals surface area contributed by atoms with Gasteiger partial charge >= 0.3 is 6.18 Å². The monoisotopic (exact) mass is 467 g/mol. The molecule has 0 aliphatic carbocycles. The van der Waals surface area contributed by atoms with Crippen LogP contribution >= 0.6 is 0 Å². The fourth-order valence-corrected chi connectivity index (χ4v) is 3.46. The first-order chi connectivity index (χ1) is 16.1. The van der Waals surface area contributed by atoms with Gasteiger partial charge in [0.15, 0.2) is 0 Å². The van der Waals surface area contributed by atoms with Crippen LogP contribution in [0.3, 0.4) is 0 Å². The van der Waals surface area contributed by atoms with E-state index in [4.69, 9.17) is 0 Å². The van der Waals surface area contributed by atoms with Gasteiger partial charge in [-0.1, -0.05) is 18.2 Å². The Morgan fingerprint density at radius 3 is 2.24 bits per heavy atom. The van der Waals surface area contributed by atoms with Gasteiger partial charge in [0.2, 0.25) is 0 Å². The summed E-state index contributed by atoms with van der Waals surface area (Å²) in [6.07, 6.45) is -4.57. The van der Waals surface area contributed by atoms with Crippen LogP contribution in [0.15, 0.2) is 66.7 Å². The summed E-state index contributed by atoms with van der Waals surface area (Å²) in [6.45, 7) is 0. The number of para-hydroxylation sites is 1. The number of hydrogen-bond acceptors (Lipinski definition) is 4. The molecule has 0 saturated carbocycles. The number of nitrogens with zero attached hydrogens (tertiary/aromatic N) is 1. The highest BCUT2D eigenvalue weighted by atomic mass is 19.4. The molecule has 7 nitrogen and oxygen atoms in total. The minimum absolute atomic E-state index is 0.0143. The first-order valence-corrected chi connectivity index (χ1v) is 9.91. The number of halogens is 3. The van der Waals surface area contributed by atoms with Gasteiger partial charge in [-0.15, -0.1) is 0 Å². The van der Waals surface area contributed by atoms with Crippen LogP contribution in [0.1, 0.15) is 47.0 Å². The summed E-state index contributed by atoms with van der Waals surface area (Å²) in [5.74, 6) is -2.37. The molecule has 2 N–H and O–H groups in total. The zero-order chi connectivity index (χ0) is 24.6. The molecule has 1 aliphatic rings. The zero-order valence-corrected chi connectivity index (χ0v) is 17.6. The molecule has 1 aliphatic heterocycles. The molecule has 0 aromatic heterocycles. The number of amides is 4. The molecule has 0 fully saturated rings. The molecule has 3 aromatic carbocycles. The lowest BCUT2D eigenvalue weighted by Gasteiger charge is -2.13. The van der Waals surface area contributed by atoms with Crippen molar-refractivity contribution < 1.29 is 32.3 Å². The minimum Gasteiger partial charge on any atom is -0.322 e. The van der Waals surface area contributed by atoms with Crippen LogP contribution in [0, 0.1) is 0 Å². The maximum absolute atomic E-state index is 12.9. The highest BCUT2D eigenvalue weighted by molar-refractivity contribution is 6.22. The predicted molar refractivity (Wildman–Crippen MR) is 117 cm³/mol. The van der Waals surface area contributed by atoms with E-state index < -0.39 is 35.4 Å². The molecule has 3 aromatic rings. The lowest BCUT2D eigenvalue weighted by Crippen LogP contribution is -2.24. The van der Waals surface area contributed by atoms with Gasteiger partial charge in [0.25, 0.3) is 23.6 Å². The number of fused-ring (bicyclic) bond motifs is 1. The molecular weight excluding hydrogens is 451 g/mol. The van der Waals surface area contributed by atoms with Crippen molar-refractivity contribution >= 4 is 35.0 Å². The van der Waals surface area contributed by atoms with Crippen LogP contribution < -0.4 is 10.6 Å². The lowest BCUT2D eigenvalue weighted by atomic mass is 10.0. The summed E-state index contributed by atoms with van der Waals surface area (Å²) in [5, 5.41) is 4.96. The molecule has 0 atom stereocenters. The number of carbonyl (C=O) groups is 4. The zero-order valence-electron chi connectivity index (χ0n) is 17.6. The molecule has 172 valence electrons. The number of benzene rings is 3. The highest BCUT2D eigenvalue weighted by Crippen LogP contribution is 2.31. The van der Waals surface area contributed by atoms with Gasteiger partial charge in [-0.2, -0.15) is 13.2 Å². The Labute approximate surface area is 191 Å². The molecule has 4 rings (SSSR count). The molecule has 0 spiro atoms. The van der Waals surface area contributed by atoms with E-state index in [9.17, 15) is 32.3 Å². The second-order valence-corrected chi connectivity index (χ2v) is 7.46. The second-order valence-electron chi connectivity index (χ2n) is 7.46. The Morgan fingerprint density at radius 1 is 0.794 bits per heavy atom. The van der Waals surface area contributed by atoms with E-state index in [2.05, 4.69) is 10.6 Å². The number of imide groups is 1. The summed E-state index contributed by atoms with van der Waals surface area (Å²) in [4.78, 5) is 50.7. The van der Waals surface area contributed by atoms with Crippen LogP contribution in [-0.4, -0.2) is 35.6 Å². The van der Waals surface area contributed by atoms with Gasteiger partial charge in [-0.25, -0.2) is 0 Å². The van der Waals surface area contributed by atoms with Crippen molar-refractivity contribution in [2.45, 2.75) is 6.18 Å². The number of alkyl halides is 3. The Bertz CT molecular complexity index is 1350. The smallest absolute Gasteiger partial charge is 0.322 e. The second kappa shape index (κ2) is 8.47. The van der Waals surface area contributed by atoms with Gasteiger partial charge < -0.3 is 10.6 Å². The summed E-state index contributed by atoms with van der Waals surface area (Å²) >= 11 is 0. The Balaban J connectivity index is 1.56. The standard InChI is InChI=1S/C24H16F3N3O4/c1-30-22(33)16-10-9-13(11-18(16)23(30)34)20(31)29-19-8-3-2-7-17(19)21(32)28-15-6-4-5-14(12-15)24(25,26)27/h2-12H,1H3,(H,28,32)(H,29,31). The molecule has 1 heterocycles. The molecule has 10 heteroatoms. The third-order valence-electron chi connectivity index (χ3n) is 5.22. The van der Waals surface area contributed by atoms with E-state index in [-0.39, 0.29) is 33.6 Å². The average molecular weight is 467 g/mol. The van der Waals surface area contributed by atoms with E-state index in [1.165, 1.54) is 55.6 Å². The van der Waals surface area contributed by atoms with Crippen LogP contribution in [0.5, 0.6) is 0 Å². The van der Waals surface area contributed by atoms with E-state index in [1.807, 2.05) is 0 Å². The summed E-state index contributed by atoms with van der Waals surface area (Å²) < 4.78 is 38.8. The van der Waals surface area contributed by atoms with Gasteiger partial charge in [0, 0.05) is 18.3 Å². The molecule has 34 heavy (non-hydrogen) atoms. The topological polar surface area (TPSA) is 95.6 Å². The average Bonchev–Trinajstić information content (AvgIpc) is 3.02. The fraction of sp³-hybridized carbons (Fsp3) is 0.0833. The van der Waals surface area contributed by atoms with Gasteiger partial charge in [0.05, 0.1) is 27.9 Å². The number of hydrogen-bond donors (Lipinski definition) is 2. The molecule has 4 amide bonds. The highest BCUT2D eigenvalue weighted by Gasteiger charge is 2.33. The summed E-state index contributed by atoms with van der Waals surface area (Å²) in [5.41, 5.74) is -0.490. The van der Waals surface area contributed by atoms with Crippen molar-refractivity contribution in [3.63, 3.8) is 0 Å². The van der Waals surface area contributed by atoms with Crippen molar-refractivity contribution in [2.75, 3.05) is 17.7 Å². The van der Waals surface area contributed by atoms with Crippen LogP contribution in [0.25, 0.3) is 0 Å². The number of anilines is 2. The van der Waals surface area contributed by atoms with E-state index in [1.54, 1.807) is 6.07 Å².